The normalized spacial score (nSPS) is 18.8. The molecule has 1 rings (SSSR count). The van der Waals surface area contributed by atoms with E-state index < -0.39 is 16.1 Å². The zero-order valence-electron chi connectivity index (χ0n) is 9.18. The summed E-state index contributed by atoms with van der Waals surface area (Å²) in [7, 11) is -3.20. The van der Waals surface area contributed by atoms with Crippen molar-refractivity contribution in [3.05, 3.63) is 0 Å². The summed E-state index contributed by atoms with van der Waals surface area (Å²) in [5.41, 5.74) is 5.69. The van der Waals surface area contributed by atoms with Crippen molar-refractivity contribution >= 4 is 27.7 Å². The molecule has 8 heteroatoms. The van der Waals surface area contributed by atoms with Crippen LogP contribution >= 0.6 is 11.8 Å². The van der Waals surface area contributed by atoms with E-state index in [0.717, 1.165) is 18.6 Å². The summed E-state index contributed by atoms with van der Waals surface area (Å²) in [6.07, 6.45) is 1.41. The lowest BCUT2D eigenvalue weighted by Gasteiger charge is -2.19. The van der Waals surface area contributed by atoms with Crippen LogP contribution in [-0.2, 0) is 14.8 Å². The Labute approximate surface area is 100.0 Å². The fourth-order valence-corrected chi connectivity index (χ4v) is 2.79. The van der Waals surface area contributed by atoms with Gasteiger partial charge in [0.2, 0.25) is 15.9 Å². The Hall–Kier alpha value is -0.310. The summed E-state index contributed by atoms with van der Waals surface area (Å²) >= 11 is 1.69. The highest BCUT2D eigenvalue weighted by molar-refractivity contribution is 7.99. The second-order valence-electron chi connectivity index (χ2n) is 3.70. The second kappa shape index (κ2) is 5.85. The van der Waals surface area contributed by atoms with Gasteiger partial charge in [0.1, 0.15) is 0 Å². The minimum absolute atomic E-state index is 0.0969. The maximum atomic E-state index is 11.7. The smallest absolute Gasteiger partial charge is 0.240 e. The molecule has 1 amide bonds. The number of hydrogen-bond donors (Lipinski definition) is 2. The molecule has 1 aliphatic rings. The van der Waals surface area contributed by atoms with Crippen molar-refractivity contribution in [2.45, 2.75) is 12.5 Å². The fourth-order valence-electron chi connectivity index (χ4n) is 1.35. The summed E-state index contributed by atoms with van der Waals surface area (Å²) in [5.74, 6) is 1.53. The Kier molecular flexibility index (Phi) is 5.03. The van der Waals surface area contributed by atoms with Crippen LogP contribution in [0.25, 0.3) is 0 Å². The van der Waals surface area contributed by atoms with E-state index in [4.69, 9.17) is 5.73 Å². The fraction of sp³-hybridized carbons (Fsp3) is 0.875. The number of amides is 1. The lowest BCUT2D eigenvalue weighted by atomic mass is 10.2. The van der Waals surface area contributed by atoms with Gasteiger partial charge in [0.15, 0.2) is 0 Å². The van der Waals surface area contributed by atoms with Gasteiger partial charge in [0.05, 0.1) is 18.2 Å². The van der Waals surface area contributed by atoms with Gasteiger partial charge < -0.3 is 10.6 Å². The number of thioether (sulfide) groups is 1. The van der Waals surface area contributed by atoms with Crippen LogP contribution in [0.15, 0.2) is 0 Å². The van der Waals surface area contributed by atoms with Crippen molar-refractivity contribution in [2.24, 2.45) is 5.73 Å². The van der Waals surface area contributed by atoms with Crippen molar-refractivity contribution in [3.8, 4) is 0 Å². The molecule has 0 spiro atoms. The predicted octanol–water partition coefficient (Wildman–Crippen LogP) is -1.21. The first kappa shape index (κ1) is 13.8. The van der Waals surface area contributed by atoms with E-state index in [1.54, 1.807) is 16.7 Å². The van der Waals surface area contributed by atoms with Crippen LogP contribution in [0.2, 0.25) is 0 Å². The molecule has 1 fully saturated rings. The third kappa shape index (κ3) is 4.69. The molecular formula is C8H17N3O3S2. The van der Waals surface area contributed by atoms with Crippen LogP contribution in [0.3, 0.4) is 0 Å². The van der Waals surface area contributed by atoms with Crippen molar-refractivity contribution in [3.63, 3.8) is 0 Å². The SMILES string of the molecule is CS(=O)(=O)NCCC(N)C(=O)N1CCSC1. The van der Waals surface area contributed by atoms with Crippen molar-refractivity contribution in [2.75, 3.05) is 31.0 Å². The molecular weight excluding hydrogens is 250 g/mol. The molecule has 0 aromatic rings. The van der Waals surface area contributed by atoms with E-state index >= 15 is 0 Å². The molecule has 1 heterocycles. The molecule has 6 nitrogen and oxygen atoms in total. The lowest BCUT2D eigenvalue weighted by Crippen LogP contribution is -2.44. The van der Waals surface area contributed by atoms with Gasteiger partial charge in [-0.2, -0.15) is 0 Å². The number of hydrogen-bond acceptors (Lipinski definition) is 5. The molecule has 94 valence electrons. The summed E-state index contributed by atoms with van der Waals surface area (Å²) < 4.78 is 23.9. The first-order chi connectivity index (χ1) is 7.40. The molecule has 3 N–H and O–H groups in total. The van der Waals surface area contributed by atoms with Gasteiger partial charge in [-0.1, -0.05) is 0 Å². The van der Waals surface area contributed by atoms with E-state index in [-0.39, 0.29) is 12.5 Å². The molecule has 0 bridgehead atoms. The second-order valence-corrected chi connectivity index (χ2v) is 6.61. The largest absolute Gasteiger partial charge is 0.331 e. The summed E-state index contributed by atoms with van der Waals surface area (Å²) in [4.78, 5) is 13.4. The van der Waals surface area contributed by atoms with Crippen molar-refractivity contribution in [1.29, 1.82) is 0 Å². The number of nitrogens with zero attached hydrogens (tertiary/aromatic N) is 1. The maximum absolute atomic E-state index is 11.7. The Morgan fingerprint density at radius 3 is 2.81 bits per heavy atom. The molecule has 0 aromatic heterocycles. The number of rotatable bonds is 5. The Bertz CT molecular complexity index is 338. The van der Waals surface area contributed by atoms with Gasteiger partial charge >= 0.3 is 0 Å². The molecule has 0 aliphatic carbocycles. The van der Waals surface area contributed by atoms with E-state index in [1.807, 2.05) is 0 Å². The molecule has 1 unspecified atom stereocenters. The van der Waals surface area contributed by atoms with Crippen molar-refractivity contribution in [1.82, 2.24) is 9.62 Å². The summed E-state index contributed by atoms with van der Waals surface area (Å²) in [5, 5.41) is 0. The number of nitrogens with two attached hydrogens (primary N) is 1. The lowest BCUT2D eigenvalue weighted by molar-refractivity contribution is -0.131. The highest BCUT2D eigenvalue weighted by Crippen LogP contribution is 2.14. The summed E-state index contributed by atoms with van der Waals surface area (Å²) in [6.45, 7) is 0.934. The van der Waals surface area contributed by atoms with Gasteiger partial charge in [-0.25, -0.2) is 13.1 Å². The third-order valence-electron chi connectivity index (χ3n) is 2.20. The minimum atomic E-state index is -3.20. The van der Waals surface area contributed by atoms with Crippen LogP contribution in [0.1, 0.15) is 6.42 Å². The number of carbonyl (C=O) groups excluding carboxylic acids is 1. The summed E-state index contributed by atoms with van der Waals surface area (Å²) in [6, 6.07) is -0.618. The first-order valence-electron chi connectivity index (χ1n) is 4.97. The Morgan fingerprint density at radius 1 is 1.62 bits per heavy atom. The number of sulfonamides is 1. The maximum Gasteiger partial charge on any atom is 0.240 e. The average molecular weight is 267 g/mol. The van der Waals surface area contributed by atoms with Crippen LogP contribution in [0.4, 0.5) is 0 Å². The molecule has 0 aromatic carbocycles. The van der Waals surface area contributed by atoms with Gasteiger partial charge in [-0.15, -0.1) is 11.8 Å². The van der Waals surface area contributed by atoms with Crippen molar-refractivity contribution < 1.29 is 13.2 Å². The van der Waals surface area contributed by atoms with E-state index in [1.165, 1.54) is 0 Å². The third-order valence-corrected chi connectivity index (χ3v) is 3.90. The highest BCUT2D eigenvalue weighted by Gasteiger charge is 2.23. The monoisotopic (exact) mass is 267 g/mol. The standard InChI is InChI=1S/C8H17N3O3S2/c1-16(13,14)10-3-2-7(9)8(12)11-4-5-15-6-11/h7,10H,2-6,9H2,1H3. The van der Waals surface area contributed by atoms with Crippen LogP contribution < -0.4 is 10.5 Å². The molecule has 16 heavy (non-hydrogen) atoms. The first-order valence-corrected chi connectivity index (χ1v) is 8.01. The number of carbonyl (C=O) groups is 1. The minimum Gasteiger partial charge on any atom is -0.331 e. The Balaban J connectivity index is 2.28. The molecule has 1 saturated heterocycles. The zero-order chi connectivity index (χ0) is 12.2. The Morgan fingerprint density at radius 2 is 2.31 bits per heavy atom. The van der Waals surface area contributed by atoms with Gasteiger partial charge in [0, 0.05) is 18.8 Å². The van der Waals surface area contributed by atoms with E-state index in [9.17, 15) is 13.2 Å². The molecule has 1 aliphatic heterocycles. The molecule has 0 saturated carbocycles. The zero-order valence-corrected chi connectivity index (χ0v) is 10.8. The topological polar surface area (TPSA) is 92.5 Å². The molecule has 1 atom stereocenters. The molecule has 0 radical (unpaired) electrons. The van der Waals surface area contributed by atoms with E-state index in [2.05, 4.69) is 4.72 Å². The average Bonchev–Trinajstić information content (AvgIpc) is 2.67. The van der Waals surface area contributed by atoms with Crippen LogP contribution in [0, 0.1) is 0 Å². The van der Waals surface area contributed by atoms with Crippen LogP contribution in [0.5, 0.6) is 0 Å². The van der Waals surface area contributed by atoms with Crippen LogP contribution in [-0.4, -0.2) is 56.2 Å². The van der Waals surface area contributed by atoms with Gasteiger partial charge in [-0.3, -0.25) is 4.79 Å². The van der Waals surface area contributed by atoms with Gasteiger partial charge in [0.25, 0.3) is 0 Å². The van der Waals surface area contributed by atoms with E-state index in [0.29, 0.717) is 12.3 Å². The van der Waals surface area contributed by atoms with Gasteiger partial charge in [-0.05, 0) is 6.42 Å². The number of nitrogens with one attached hydrogen (secondary N) is 1. The highest BCUT2D eigenvalue weighted by atomic mass is 32.2. The quantitative estimate of drug-likeness (QED) is 0.652. The predicted molar refractivity (Wildman–Crippen MR) is 64.5 cm³/mol.